The lowest BCUT2D eigenvalue weighted by molar-refractivity contribution is 0.0590. The molecule has 0 radical (unpaired) electrons. The number of hydrogen-bond donors (Lipinski definition) is 1. The van der Waals surface area contributed by atoms with E-state index in [1.165, 1.54) is 19.6 Å². The lowest BCUT2D eigenvalue weighted by Crippen LogP contribution is -2.21. The van der Waals surface area contributed by atoms with Crippen LogP contribution >= 0.6 is 11.6 Å². The third-order valence-corrected chi connectivity index (χ3v) is 2.53. The van der Waals surface area contributed by atoms with Crippen molar-refractivity contribution in [1.82, 2.24) is 4.90 Å². The first-order chi connectivity index (χ1) is 8.01. The molecule has 0 heterocycles. The highest BCUT2D eigenvalue weighted by atomic mass is 35.5. The van der Waals surface area contributed by atoms with Crippen molar-refractivity contribution in [3.05, 3.63) is 12.2 Å². The Morgan fingerprint density at radius 1 is 1.29 bits per heavy atom. The molecule has 3 nitrogen and oxygen atoms in total. The van der Waals surface area contributed by atoms with Gasteiger partial charge in [-0.05, 0) is 26.6 Å². The number of hydrogen-bond acceptors (Lipinski definition) is 3. The maximum Gasteiger partial charge on any atom is 0.0908 e. The van der Waals surface area contributed by atoms with E-state index < -0.39 is 6.10 Å². The van der Waals surface area contributed by atoms with Crippen molar-refractivity contribution in [2.75, 3.05) is 38.7 Å². The molecule has 0 fully saturated rings. The maximum atomic E-state index is 8.88. The molecule has 104 valence electrons. The van der Waals surface area contributed by atoms with E-state index in [9.17, 15) is 0 Å². The van der Waals surface area contributed by atoms with Gasteiger partial charge in [-0.25, -0.2) is 0 Å². The van der Waals surface area contributed by atoms with Gasteiger partial charge in [0, 0.05) is 0 Å². The van der Waals surface area contributed by atoms with Gasteiger partial charge in [0.1, 0.15) is 0 Å². The van der Waals surface area contributed by atoms with Crippen LogP contribution in [0.2, 0.25) is 0 Å². The molecule has 1 atom stereocenters. The first kappa shape index (κ1) is 19.3. The van der Waals surface area contributed by atoms with Gasteiger partial charge in [-0.1, -0.05) is 32.9 Å². The smallest absolute Gasteiger partial charge is 0.0908 e. The van der Waals surface area contributed by atoms with Crippen molar-refractivity contribution >= 4 is 11.6 Å². The molecule has 17 heavy (non-hydrogen) atoms. The molecule has 0 bridgehead atoms. The van der Waals surface area contributed by atoms with Crippen molar-refractivity contribution in [3.8, 4) is 0 Å². The summed E-state index contributed by atoms with van der Waals surface area (Å²) in [5.41, 5.74) is 0.946. The number of aliphatic hydroxyl groups is 1. The molecule has 0 aliphatic heterocycles. The average Bonchev–Trinajstić information content (AvgIpc) is 2.31. The van der Waals surface area contributed by atoms with Gasteiger partial charge in [-0.3, -0.25) is 0 Å². The van der Waals surface area contributed by atoms with Gasteiger partial charge in [0.05, 0.1) is 25.2 Å². The number of nitrogens with zero attached hydrogens (tertiary/aromatic N) is 1. The summed E-state index contributed by atoms with van der Waals surface area (Å²) in [6.07, 6.45) is -0.555. The van der Waals surface area contributed by atoms with Crippen molar-refractivity contribution in [2.24, 2.45) is 0 Å². The molecule has 0 saturated carbocycles. The van der Waals surface area contributed by atoms with Crippen LogP contribution in [-0.2, 0) is 4.74 Å². The number of aliphatic hydroxyl groups excluding tert-OH is 1. The average molecular weight is 266 g/mol. The molecular weight excluding hydrogens is 238 g/mol. The molecule has 0 aromatic carbocycles. The molecule has 0 aliphatic rings. The predicted molar refractivity (Wildman–Crippen MR) is 75.8 cm³/mol. The van der Waals surface area contributed by atoms with Crippen LogP contribution in [0.15, 0.2) is 12.2 Å². The number of rotatable bonds is 8. The molecule has 4 heteroatoms. The zero-order chi connectivity index (χ0) is 13.7. The normalized spacial score (nSPS) is 11.9. The van der Waals surface area contributed by atoms with E-state index in [-0.39, 0.29) is 12.5 Å². The number of alkyl halides is 1. The molecule has 0 aromatic rings. The van der Waals surface area contributed by atoms with Crippen LogP contribution in [-0.4, -0.2) is 54.8 Å². The summed E-state index contributed by atoms with van der Waals surface area (Å²) in [5, 5.41) is 8.88. The summed E-state index contributed by atoms with van der Waals surface area (Å²) < 4.78 is 5.01. The fourth-order valence-electron chi connectivity index (χ4n) is 1.08. The number of halogens is 1. The van der Waals surface area contributed by atoms with Crippen LogP contribution < -0.4 is 0 Å². The minimum absolute atomic E-state index is 0.218. The third kappa shape index (κ3) is 15.9. The summed E-state index contributed by atoms with van der Waals surface area (Å²) in [7, 11) is 0. The second kappa shape index (κ2) is 14.0. The van der Waals surface area contributed by atoms with E-state index in [0.29, 0.717) is 6.61 Å². The summed E-state index contributed by atoms with van der Waals surface area (Å²) in [5.74, 6) is 0.218. The highest BCUT2D eigenvalue weighted by Gasteiger charge is 2.00. The Bertz CT molecular complexity index is 167. The maximum absolute atomic E-state index is 8.88. The third-order valence-electron chi connectivity index (χ3n) is 2.18. The van der Waals surface area contributed by atoms with Crippen LogP contribution in [0.5, 0.6) is 0 Å². The highest BCUT2D eigenvalue weighted by molar-refractivity contribution is 6.18. The minimum atomic E-state index is -0.555. The Morgan fingerprint density at radius 3 is 2.00 bits per heavy atom. The lowest BCUT2D eigenvalue weighted by Gasteiger charge is -2.13. The molecule has 0 spiro atoms. The molecular formula is C13H28ClNO2. The second-order valence-electron chi connectivity index (χ2n) is 3.90. The van der Waals surface area contributed by atoms with Crippen molar-refractivity contribution in [3.63, 3.8) is 0 Å². The molecule has 1 unspecified atom stereocenters. The summed E-state index contributed by atoms with van der Waals surface area (Å²) >= 11 is 5.31. The highest BCUT2D eigenvalue weighted by Crippen LogP contribution is 1.92. The minimum Gasteiger partial charge on any atom is -0.389 e. The Labute approximate surface area is 111 Å². The number of ether oxygens (including phenoxy) is 1. The topological polar surface area (TPSA) is 32.7 Å². The van der Waals surface area contributed by atoms with Crippen LogP contribution in [0.3, 0.4) is 0 Å². The van der Waals surface area contributed by atoms with E-state index >= 15 is 0 Å². The quantitative estimate of drug-likeness (QED) is 0.541. The van der Waals surface area contributed by atoms with Crippen LogP contribution in [0.1, 0.15) is 27.7 Å². The van der Waals surface area contributed by atoms with E-state index in [1.807, 2.05) is 6.92 Å². The SMILES string of the molecule is C=C(C)COCC(O)CCl.CCN(CC)CC. The standard InChI is InChI=1S/C7H13ClO2.C6H15N/c1-6(2)4-10-5-7(9)3-8;1-4-7(5-2)6-3/h7,9H,1,3-5H2,2H3;4-6H2,1-3H3. The molecule has 0 aliphatic carbocycles. The molecule has 0 amide bonds. The Balaban J connectivity index is 0. The lowest BCUT2D eigenvalue weighted by atomic mass is 10.4. The van der Waals surface area contributed by atoms with E-state index in [0.717, 1.165) is 5.57 Å². The van der Waals surface area contributed by atoms with Gasteiger partial charge in [-0.15, -0.1) is 11.6 Å². The first-order valence-electron chi connectivity index (χ1n) is 6.20. The van der Waals surface area contributed by atoms with Gasteiger partial charge < -0.3 is 14.7 Å². The Morgan fingerprint density at radius 2 is 1.76 bits per heavy atom. The zero-order valence-electron chi connectivity index (χ0n) is 11.7. The van der Waals surface area contributed by atoms with E-state index in [1.54, 1.807) is 0 Å². The van der Waals surface area contributed by atoms with E-state index in [2.05, 4.69) is 32.3 Å². The van der Waals surface area contributed by atoms with Gasteiger partial charge >= 0.3 is 0 Å². The predicted octanol–water partition coefficient (Wildman–Crippen LogP) is 2.53. The van der Waals surface area contributed by atoms with Crippen molar-refractivity contribution < 1.29 is 9.84 Å². The van der Waals surface area contributed by atoms with Crippen LogP contribution in [0.4, 0.5) is 0 Å². The summed E-state index contributed by atoms with van der Waals surface area (Å²) in [6, 6.07) is 0. The Kier molecular flexibility index (Phi) is 15.8. The van der Waals surface area contributed by atoms with Crippen LogP contribution in [0.25, 0.3) is 0 Å². The van der Waals surface area contributed by atoms with Gasteiger partial charge in [0.2, 0.25) is 0 Å². The Hall–Kier alpha value is -0.0900. The fourth-order valence-corrected chi connectivity index (χ4v) is 1.17. The van der Waals surface area contributed by atoms with Crippen LogP contribution in [0, 0.1) is 0 Å². The van der Waals surface area contributed by atoms with Gasteiger partial charge in [0.15, 0.2) is 0 Å². The van der Waals surface area contributed by atoms with Gasteiger partial charge in [-0.2, -0.15) is 0 Å². The van der Waals surface area contributed by atoms with E-state index in [4.69, 9.17) is 21.4 Å². The molecule has 1 N–H and O–H groups in total. The monoisotopic (exact) mass is 265 g/mol. The first-order valence-corrected chi connectivity index (χ1v) is 6.73. The second-order valence-corrected chi connectivity index (χ2v) is 4.21. The molecule has 0 rings (SSSR count). The zero-order valence-corrected chi connectivity index (χ0v) is 12.5. The van der Waals surface area contributed by atoms with Gasteiger partial charge in [0.25, 0.3) is 0 Å². The van der Waals surface area contributed by atoms with Crippen molar-refractivity contribution in [1.29, 1.82) is 0 Å². The molecule has 0 aromatic heterocycles. The summed E-state index contributed by atoms with van der Waals surface area (Å²) in [6.45, 7) is 16.4. The fraction of sp³-hybridized carbons (Fsp3) is 0.846. The largest absolute Gasteiger partial charge is 0.389 e. The summed E-state index contributed by atoms with van der Waals surface area (Å²) in [4.78, 5) is 2.38. The van der Waals surface area contributed by atoms with Crippen molar-refractivity contribution in [2.45, 2.75) is 33.8 Å². The molecule has 0 saturated heterocycles.